The molecule has 0 bridgehead atoms. The van der Waals surface area contributed by atoms with Crippen LogP contribution in [0.25, 0.3) is 0 Å². The van der Waals surface area contributed by atoms with Gasteiger partial charge in [0.05, 0.1) is 12.9 Å². The average molecular weight is 298 g/mol. The Morgan fingerprint density at radius 3 is 2.26 bits per heavy atom. The lowest BCUT2D eigenvalue weighted by Gasteiger charge is -2.17. The van der Waals surface area contributed by atoms with Crippen molar-refractivity contribution in [2.24, 2.45) is 0 Å². The number of hydrogen-bond acceptors (Lipinski definition) is 4. The molecular weight excluding hydrogens is 285 g/mol. The second kappa shape index (κ2) is 6.36. The summed E-state index contributed by atoms with van der Waals surface area (Å²) in [4.78, 5) is 0. The Hall–Kier alpha value is -1.12. The molecule has 0 spiro atoms. The molecule has 0 N–H and O–H groups in total. The van der Waals surface area contributed by atoms with E-state index in [0.717, 1.165) is 6.26 Å². The smallest absolute Gasteiger partial charge is 0.369 e. The van der Waals surface area contributed by atoms with E-state index < -0.39 is 35.6 Å². The molecule has 0 aromatic heterocycles. The highest BCUT2D eigenvalue weighted by Crippen LogP contribution is 2.21. The molecule has 19 heavy (non-hydrogen) atoms. The van der Waals surface area contributed by atoms with Gasteiger partial charge < -0.3 is 4.74 Å². The summed E-state index contributed by atoms with van der Waals surface area (Å²) in [5.74, 6) is 0. The first kappa shape index (κ1) is 15.9. The van der Waals surface area contributed by atoms with Crippen LogP contribution in [0.4, 0.5) is 13.2 Å². The largest absolute Gasteiger partial charge is 0.411 e. The highest BCUT2D eigenvalue weighted by molar-refractivity contribution is 7.86. The average Bonchev–Trinajstić information content (AvgIpc) is 2.25. The third-order valence-corrected chi connectivity index (χ3v) is 2.58. The predicted octanol–water partition coefficient (Wildman–Crippen LogP) is 2.28. The van der Waals surface area contributed by atoms with Crippen molar-refractivity contribution in [1.29, 1.82) is 0 Å². The first-order valence-electron chi connectivity index (χ1n) is 5.25. The van der Waals surface area contributed by atoms with Gasteiger partial charge in [-0.05, 0) is 5.56 Å². The molecule has 0 amide bonds. The van der Waals surface area contributed by atoms with Crippen LogP contribution < -0.4 is 0 Å². The molecule has 0 aliphatic rings. The summed E-state index contributed by atoms with van der Waals surface area (Å²) >= 11 is 0. The van der Waals surface area contributed by atoms with Crippen molar-refractivity contribution in [3.05, 3.63) is 35.9 Å². The Bertz CT molecular complexity index is 484. The van der Waals surface area contributed by atoms with E-state index in [1.54, 1.807) is 30.3 Å². The molecule has 1 unspecified atom stereocenters. The van der Waals surface area contributed by atoms with Gasteiger partial charge in [0.2, 0.25) is 0 Å². The number of halogens is 3. The number of ether oxygens (including phenoxy) is 1. The van der Waals surface area contributed by atoms with Crippen LogP contribution in [0.1, 0.15) is 11.7 Å². The van der Waals surface area contributed by atoms with Crippen LogP contribution in [0, 0.1) is 0 Å². The van der Waals surface area contributed by atoms with Gasteiger partial charge in [0.15, 0.2) is 0 Å². The van der Waals surface area contributed by atoms with Gasteiger partial charge in [0, 0.05) is 0 Å². The maximum Gasteiger partial charge on any atom is 0.411 e. The molecule has 1 rings (SSSR count). The number of hydrogen-bond donors (Lipinski definition) is 0. The van der Waals surface area contributed by atoms with E-state index in [0.29, 0.717) is 5.56 Å². The van der Waals surface area contributed by atoms with E-state index in [1.807, 2.05) is 0 Å². The van der Waals surface area contributed by atoms with Crippen molar-refractivity contribution in [3.63, 3.8) is 0 Å². The molecule has 0 fully saturated rings. The van der Waals surface area contributed by atoms with Gasteiger partial charge in [-0.15, -0.1) is 0 Å². The van der Waals surface area contributed by atoms with Gasteiger partial charge in [-0.1, -0.05) is 30.3 Å². The minimum absolute atomic E-state index is 0.426. The minimum Gasteiger partial charge on any atom is -0.369 e. The van der Waals surface area contributed by atoms with E-state index in [2.05, 4.69) is 4.74 Å². The van der Waals surface area contributed by atoms with Crippen LogP contribution in [0.3, 0.4) is 0 Å². The van der Waals surface area contributed by atoms with Crippen LogP contribution in [-0.2, 0) is 19.0 Å². The Balaban J connectivity index is 2.71. The van der Waals surface area contributed by atoms with E-state index in [-0.39, 0.29) is 0 Å². The topological polar surface area (TPSA) is 52.6 Å². The van der Waals surface area contributed by atoms with Crippen LogP contribution in [0.5, 0.6) is 0 Å². The summed E-state index contributed by atoms with van der Waals surface area (Å²) in [7, 11) is -3.80. The van der Waals surface area contributed by atoms with E-state index in [4.69, 9.17) is 4.18 Å². The van der Waals surface area contributed by atoms with Crippen LogP contribution >= 0.6 is 0 Å². The molecule has 1 aromatic rings. The third kappa shape index (κ3) is 7.14. The van der Waals surface area contributed by atoms with Gasteiger partial charge in [0.25, 0.3) is 10.1 Å². The zero-order chi connectivity index (χ0) is 14.5. The van der Waals surface area contributed by atoms with Crippen molar-refractivity contribution in [3.8, 4) is 0 Å². The third-order valence-electron chi connectivity index (χ3n) is 2.00. The lowest BCUT2D eigenvalue weighted by atomic mass is 10.1. The Morgan fingerprint density at radius 2 is 1.79 bits per heavy atom. The number of rotatable bonds is 6. The van der Waals surface area contributed by atoms with Crippen molar-refractivity contribution < 1.29 is 30.5 Å². The Morgan fingerprint density at radius 1 is 1.21 bits per heavy atom. The zero-order valence-electron chi connectivity index (χ0n) is 10.1. The predicted molar refractivity (Wildman–Crippen MR) is 62.0 cm³/mol. The molecule has 0 saturated carbocycles. The highest BCUT2D eigenvalue weighted by atomic mass is 32.2. The maximum absolute atomic E-state index is 12.0. The molecule has 0 heterocycles. The van der Waals surface area contributed by atoms with Crippen LogP contribution in [-0.4, -0.2) is 34.1 Å². The second-order valence-electron chi connectivity index (χ2n) is 3.83. The molecule has 1 aromatic carbocycles. The van der Waals surface area contributed by atoms with Gasteiger partial charge in [-0.3, -0.25) is 4.18 Å². The summed E-state index contributed by atoms with van der Waals surface area (Å²) in [5.41, 5.74) is 0.426. The normalized spacial score (nSPS) is 14.3. The summed E-state index contributed by atoms with van der Waals surface area (Å²) in [5, 5.41) is 0. The Labute approximate surface area is 109 Å². The highest BCUT2D eigenvalue weighted by Gasteiger charge is 2.28. The van der Waals surface area contributed by atoms with Gasteiger partial charge in [-0.2, -0.15) is 21.6 Å². The van der Waals surface area contributed by atoms with Crippen molar-refractivity contribution in [2.45, 2.75) is 12.3 Å². The first-order valence-corrected chi connectivity index (χ1v) is 7.07. The lowest BCUT2D eigenvalue weighted by Crippen LogP contribution is -2.22. The van der Waals surface area contributed by atoms with E-state index in [1.165, 1.54) is 0 Å². The molecule has 4 nitrogen and oxygen atoms in total. The molecule has 0 aliphatic heterocycles. The fourth-order valence-corrected chi connectivity index (χ4v) is 1.93. The maximum atomic E-state index is 12.0. The summed E-state index contributed by atoms with van der Waals surface area (Å²) in [6.07, 6.45) is -4.74. The SMILES string of the molecule is CS(=O)(=O)OC(COCC(F)(F)F)c1ccccc1. The molecule has 108 valence electrons. The van der Waals surface area contributed by atoms with Gasteiger partial charge in [-0.25, -0.2) is 0 Å². The fourth-order valence-electron chi connectivity index (χ4n) is 1.34. The second-order valence-corrected chi connectivity index (χ2v) is 5.43. The molecule has 0 radical (unpaired) electrons. The van der Waals surface area contributed by atoms with E-state index in [9.17, 15) is 21.6 Å². The summed E-state index contributed by atoms with van der Waals surface area (Å²) in [6, 6.07) is 8.03. The van der Waals surface area contributed by atoms with Crippen molar-refractivity contribution >= 4 is 10.1 Å². The molecule has 0 aliphatic carbocycles. The van der Waals surface area contributed by atoms with Gasteiger partial charge >= 0.3 is 6.18 Å². The van der Waals surface area contributed by atoms with Crippen molar-refractivity contribution in [1.82, 2.24) is 0 Å². The molecular formula is C11H13F3O4S. The van der Waals surface area contributed by atoms with Crippen molar-refractivity contribution in [2.75, 3.05) is 19.5 Å². The minimum atomic E-state index is -4.47. The summed E-state index contributed by atoms with van der Waals surface area (Å²) < 4.78 is 67.2. The monoisotopic (exact) mass is 298 g/mol. The number of benzene rings is 1. The summed E-state index contributed by atoms with van der Waals surface area (Å²) in [6.45, 7) is -1.96. The quantitative estimate of drug-likeness (QED) is 0.756. The van der Waals surface area contributed by atoms with Gasteiger partial charge in [0.1, 0.15) is 12.7 Å². The van der Waals surface area contributed by atoms with Crippen LogP contribution in [0.15, 0.2) is 30.3 Å². The molecule has 1 atom stereocenters. The van der Waals surface area contributed by atoms with Crippen LogP contribution in [0.2, 0.25) is 0 Å². The zero-order valence-corrected chi connectivity index (χ0v) is 10.9. The fraction of sp³-hybridized carbons (Fsp3) is 0.455. The lowest BCUT2D eigenvalue weighted by molar-refractivity contribution is -0.178. The molecule has 8 heteroatoms. The standard InChI is InChI=1S/C11H13F3O4S/c1-19(15,16)18-10(7-17-8-11(12,13)14)9-5-3-2-4-6-9/h2-6,10H,7-8H2,1H3. The Kier molecular flexibility index (Phi) is 5.33. The molecule has 0 saturated heterocycles. The first-order chi connectivity index (χ1) is 8.67. The van der Waals surface area contributed by atoms with E-state index >= 15 is 0 Å². The number of alkyl halides is 3.